The van der Waals surface area contributed by atoms with Gasteiger partial charge in [0.05, 0.1) is 22.1 Å². The third-order valence-corrected chi connectivity index (χ3v) is 15.6. The molecule has 67 heavy (non-hydrogen) atoms. The molecule has 318 valence electrons. The summed E-state index contributed by atoms with van der Waals surface area (Å²) in [5.74, 6) is 0.609. The standard InChI is InChI=1S/C65H48N2/c1-4-18-43(19-5-1)46-34-39-58-56(40-46)55-29-16-22-45-23-17-31-59(64(45)55)65(58)57-30-13-10-27-51(57)52-37-35-48(41-60(52)65)66(61-32-14-11-26-50(61)44-20-6-2-7-21-44)49-36-38-54-53-28-12-15-33-62(53)67(63(54)42-49)47-24-8-3-9-25-47/h2-3,6-17,20-43H,1,4-5,18-19H2. The summed E-state index contributed by atoms with van der Waals surface area (Å²) in [6.45, 7) is 0. The molecule has 14 rings (SSSR count). The van der Waals surface area contributed by atoms with Gasteiger partial charge in [0, 0.05) is 33.4 Å². The number of anilines is 3. The Kier molecular flexibility index (Phi) is 8.61. The second kappa shape index (κ2) is 15.1. The molecular formula is C65H48N2. The third kappa shape index (κ3) is 5.63. The van der Waals surface area contributed by atoms with Crippen molar-refractivity contribution in [2.75, 3.05) is 4.90 Å². The van der Waals surface area contributed by atoms with Crippen LogP contribution < -0.4 is 4.90 Å². The third-order valence-electron chi connectivity index (χ3n) is 15.6. The Bertz CT molecular complexity index is 3740. The Morgan fingerprint density at radius 1 is 0.403 bits per heavy atom. The second-order valence-electron chi connectivity index (χ2n) is 19.0. The first kappa shape index (κ1) is 38.3. The van der Waals surface area contributed by atoms with E-state index in [0.29, 0.717) is 5.92 Å². The van der Waals surface area contributed by atoms with Gasteiger partial charge in [-0.15, -0.1) is 0 Å². The molecule has 1 aromatic heterocycles. The first-order chi connectivity index (χ1) is 33.3. The molecule has 3 aliphatic rings. The summed E-state index contributed by atoms with van der Waals surface area (Å²) in [6.07, 6.45) is 6.54. The highest BCUT2D eigenvalue weighted by Gasteiger charge is 2.50. The van der Waals surface area contributed by atoms with Crippen molar-refractivity contribution < 1.29 is 0 Å². The molecule has 1 heterocycles. The number of nitrogens with zero attached hydrogens (tertiary/aromatic N) is 2. The van der Waals surface area contributed by atoms with Gasteiger partial charge in [-0.25, -0.2) is 0 Å². The number of hydrogen-bond donors (Lipinski definition) is 0. The molecule has 1 saturated carbocycles. The minimum atomic E-state index is -0.537. The molecule has 10 aromatic carbocycles. The lowest BCUT2D eigenvalue weighted by atomic mass is 9.61. The molecular weight excluding hydrogens is 809 g/mol. The highest BCUT2D eigenvalue weighted by Crippen LogP contribution is 2.63. The number of fused-ring (bicyclic) bond motifs is 12. The molecule has 1 spiro atoms. The van der Waals surface area contributed by atoms with Gasteiger partial charge in [0.15, 0.2) is 0 Å². The van der Waals surface area contributed by atoms with Crippen LogP contribution in [0.3, 0.4) is 0 Å². The van der Waals surface area contributed by atoms with Crippen molar-refractivity contribution in [3.05, 3.63) is 252 Å². The van der Waals surface area contributed by atoms with Crippen molar-refractivity contribution in [3.8, 4) is 39.1 Å². The van der Waals surface area contributed by atoms with Crippen LogP contribution >= 0.6 is 0 Å². The zero-order chi connectivity index (χ0) is 44.1. The molecule has 1 unspecified atom stereocenters. The Balaban J connectivity index is 1.06. The lowest BCUT2D eigenvalue weighted by Gasteiger charge is -2.41. The summed E-state index contributed by atoms with van der Waals surface area (Å²) < 4.78 is 2.43. The molecule has 0 saturated heterocycles. The van der Waals surface area contributed by atoms with Crippen molar-refractivity contribution in [1.82, 2.24) is 4.57 Å². The second-order valence-corrected chi connectivity index (χ2v) is 19.0. The van der Waals surface area contributed by atoms with E-state index in [4.69, 9.17) is 0 Å². The number of rotatable bonds is 6. The molecule has 11 aromatic rings. The maximum atomic E-state index is 2.60. The average molecular weight is 857 g/mol. The smallest absolute Gasteiger partial charge is 0.0726 e. The Hall–Kier alpha value is -7.94. The number of benzene rings is 10. The van der Waals surface area contributed by atoms with Crippen LogP contribution in [-0.4, -0.2) is 4.57 Å². The van der Waals surface area contributed by atoms with Crippen molar-refractivity contribution in [2.24, 2.45) is 0 Å². The fraction of sp³-hybridized carbons (Fsp3) is 0.108. The minimum Gasteiger partial charge on any atom is -0.310 e. The van der Waals surface area contributed by atoms with Crippen LogP contribution in [0.4, 0.5) is 17.1 Å². The van der Waals surface area contributed by atoms with Gasteiger partial charge in [-0.3, -0.25) is 0 Å². The number of hydrogen-bond acceptors (Lipinski definition) is 1. The predicted molar refractivity (Wildman–Crippen MR) is 281 cm³/mol. The molecule has 2 nitrogen and oxygen atoms in total. The minimum absolute atomic E-state index is 0.537. The highest BCUT2D eigenvalue weighted by atomic mass is 15.1. The van der Waals surface area contributed by atoms with E-state index in [9.17, 15) is 0 Å². The van der Waals surface area contributed by atoms with Gasteiger partial charge >= 0.3 is 0 Å². The van der Waals surface area contributed by atoms with Gasteiger partial charge < -0.3 is 9.47 Å². The fourth-order valence-electron chi connectivity index (χ4n) is 12.7. The Morgan fingerprint density at radius 2 is 1.04 bits per heavy atom. The Labute approximate surface area is 392 Å². The van der Waals surface area contributed by atoms with Crippen LogP contribution in [0.25, 0.3) is 71.6 Å². The quantitative estimate of drug-likeness (QED) is 0.162. The van der Waals surface area contributed by atoms with Gasteiger partial charge in [0.2, 0.25) is 0 Å². The van der Waals surface area contributed by atoms with Crippen molar-refractivity contribution in [3.63, 3.8) is 0 Å². The normalized spacial score (nSPS) is 16.1. The van der Waals surface area contributed by atoms with E-state index < -0.39 is 5.41 Å². The average Bonchev–Trinajstić information content (AvgIpc) is 3.89. The molecule has 0 bridgehead atoms. The molecule has 3 aliphatic carbocycles. The van der Waals surface area contributed by atoms with E-state index in [1.165, 1.54) is 126 Å². The monoisotopic (exact) mass is 856 g/mol. The largest absolute Gasteiger partial charge is 0.310 e. The van der Waals surface area contributed by atoms with Gasteiger partial charge in [-0.05, 0) is 134 Å². The van der Waals surface area contributed by atoms with E-state index in [0.717, 1.165) is 22.7 Å². The molecule has 0 radical (unpaired) electrons. The van der Waals surface area contributed by atoms with Crippen LogP contribution in [0.15, 0.2) is 224 Å². The van der Waals surface area contributed by atoms with Crippen molar-refractivity contribution in [2.45, 2.75) is 43.4 Å². The number of aromatic nitrogens is 1. The fourth-order valence-corrected chi connectivity index (χ4v) is 12.7. The molecule has 0 N–H and O–H groups in total. The summed E-state index contributed by atoms with van der Waals surface area (Å²) in [5, 5.41) is 5.15. The van der Waals surface area contributed by atoms with Gasteiger partial charge in [-0.1, -0.05) is 195 Å². The van der Waals surface area contributed by atoms with Crippen molar-refractivity contribution >= 4 is 49.6 Å². The van der Waals surface area contributed by atoms with E-state index in [1.807, 2.05) is 0 Å². The zero-order valence-electron chi connectivity index (χ0n) is 37.4. The summed E-state index contributed by atoms with van der Waals surface area (Å²) in [6, 6.07) is 84.8. The molecule has 0 aliphatic heterocycles. The van der Waals surface area contributed by atoms with Gasteiger partial charge in [-0.2, -0.15) is 0 Å². The van der Waals surface area contributed by atoms with Gasteiger partial charge in [0.25, 0.3) is 0 Å². The first-order valence-electron chi connectivity index (χ1n) is 24.2. The van der Waals surface area contributed by atoms with Gasteiger partial charge in [0.1, 0.15) is 0 Å². The topological polar surface area (TPSA) is 8.17 Å². The van der Waals surface area contributed by atoms with Crippen LogP contribution in [0.2, 0.25) is 0 Å². The van der Waals surface area contributed by atoms with E-state index in [2.05, 4.69) is 234 Å². The molecule has 0 amide bonds. The van der Waals surface area contributed by atoms with E-state index in [1.54, 1.807) is 0 Å². The van der Waals surface area contributed by atoms with Crippen LogP contribution in [0.5, 0.6) is 0 Å². The maximum absolute atomic E-state index is 2.60. The lowest BCUT2D eigenvalue weighted by molar-refractivity contribution is 0.443. The number of para-hydroxylation sites is 3. The molecule has 1 fully saturated rings. The van der Waals surface area contributed by atoms with E-state index in [-0.39, 0.29) is 0 Å². The maximum Gasteiger partial charge on any atom is 0.0726 e. The van der Waals surface area contributed by atoms with E-state index >= 15 is 0 Å². The van der Waals surface area contributed by atoms with Crippen molar-refractivity contribution in [1.29, 1.82) is 0 Å². The first-order valence-corrected chi connectivity index (χ1v) is 24.2. The van der Waals surface area contributed by atoms with Crippen LogP contribution in [0.1, 0.15) is 65.8 Å². The lowest BCUT2D eigenvalue weighted by Crippen LogP contribution is -2.32. The highest BCUT2D eigenvalue weighted by molar-refractivity contribution is 6.11. The summed E-state index contributed by atoms with van der Waals surface area (Å²) >= 11 is 0. The molecule has 2 heteroatoms. The predicted octanol–water partition coefficient (Wildman–Crippen LogP) is 17.5. The summed E-state index contributed by atoms with van der Waals surface area (Å²) in [7, 11) is 0. The van der Waals surface area contributed by atoms with Crippen LogP contribution in [-0.2, 0) is 5.41 Å². The molecule has 1 atom stereocenters. The SMILES string of the molecule is c1ccc(-c2ccccc2N(c2ccc3c(c2)C2(c4ccccc4-3)c3ccc(C4CCCCC4)cc3-c3cccc4cccc2c34)c2ccc3c4ccccc4n(-c4ccccc4)c3c2)cc1. The van der Waals surface area contributed by atoms with Crippen LogP contribution in [0, 0.1) is 0 Å². The summed E-state index contributed by atoms with van der Waals surface area (Å²) in [4.78, 5) is 2.52. The zero-order valence-corrected chi connectivity index (χ0v) is 37.4. The summed E-state index contributed by atoms with van der Waals surface area (Å²) in [5.41, 5.74) is 21.0. The Morgan fingerprint density at radius 3 is 1.91 bits per heavy atom.